The molecule has 1 atom stereocenters. The Morgan fingerprint density at radius 2 is 1.47 bits per heavy atom. The molecule has 0 radical (unpaired) electrons. The lowest BCUT2D eigenvalue weighted by Crippen LogP contribution is -2.43. The van der Waals surface area contributed by atoms with E-state index in [9.17, 15) is 9.90 Å². The van der Waals surface area contributed by atoms with Crippen molar-refractivity contribution in [2.45, 2.75) is 61.3 Å². The molecule has 0 saturated carbocycles. The van der Waals surface area contributed by atoms with E-state index < -0.39 is 11.4 Å². The molecule has 0 rings (SSSR count). The summed E-state index contributed by atoms with van der Waals surface area (Å²) in [6, 6.07) is 0. The van der Waals surface area contributed by atoms with Crippen molar-refractivity contribution in [3.8, 4) is 0 Å². The molecule has 0 aliphatic rings. The Morgan fingerprint density at radius 1 is 1.07 bits per heavy atom. The van der Waals surface area contributed by atoms with Gasteiger partial charge in [0, 0.05) is 0 Å². The molecule has 90 valence electrons. The van der Waals surface area contributed by atoms with Gasteiger partial charge in [0.15, 0.2) is 0 Å². The van der Waals surface area contributed by atoms with Gasteiger partial charge >= 0.3 is 5.97 Å². The highest BCUT2D eigenvalue weighted by Gasteiger charge is 2.47. The molecule has 0 bridgehead atoms. The van der Waals surface area contributed by atoms with Crippen LogP contribution in [0.3, 0.4) is 0 Å². The SMILES string of the molecule is CCC(C)(C)CC(C)(C(=O)O)C(C)(C)C. The summed E-state index contributed by atoms with van der Waals surface area (Å²) < 4.78 is 0. The maximum atomic E-state index is 11.5. The summed E-state index contributed by atoms with van der Waals surface area (Å²) in [6.07, 6.45) is 1.72. The van der Waals surface area contributed by atoms with Crippen LogP contribution in [0.15, 0.2) is 0 Å². The smallest absolute Gasteiger partial charge is 0.309 e. The van der Waals surface area contributed by atoms with Gasteiger partial charge in [0.1, 0.15) is 0 Å². The molecule has 0 aromatic rings. The quantitative estimate of drug-likeness (QED) is 0.769. The van der Waals surface area contributed by atoms with Crippen LogP contribution >= 0.6 is 0 Å². The van der Waals surface area contributed by atoms with Crippen LogP contribution in [0.5, 0.6) is 0 Å². The first-order valence-corrected chi connectivity index (χ1v) is 5.70. The van der Waals surface area contributed by atoms with E-state index in [0.29, 0.717) is 0 Å². The molecule has 0 fully saturated rings. The fourth-order valence-corrected chi connectivity index (χ4v) is 1.74. The fourth-order valence-electron chi connectivity index (χ4n) is 1.74. The minimum Gasteiger partial charge on any atom is -0.481 e. The first-order valence-electron chi connectivity index (χ1n) is 5.70. The first kappa shape index (κ1) is 14.5. The molecule has 0 heterocycles. The van der Waals surface area contributed by atoms with E-state index in [1.165, 1.54) is 0 Å². The van der Waals surface area contributed by atoms with Gasteiger partial charge in [-0.1, -0.05) is 48.0 Å². The third-order valence-electron chi connectivity index (χ3n) is 3.92. The van der Waals surface area contributed by atoms with Crippen molar-refractivity contribution in [3.05, 3.63) is 0 Å². The van der Waals surface area contributed by atoms with Gasteiger partial charge in [0.05, 0.1) is 5.41 Å². The van der Waals surface area contributed by atoms with Gasteiger partial charge in [-0.15, -0.1) is 0 Å². The van der Waals surface area contributed by atoms with Gasteiger partial charge in [0.2, 0.25) is 0 Å². The Labute approximate surface area is 94.1 Å². The molecule has 1 unspecified atom stereocenters. The third kappa shape index (κ3) is 3.22. The molecule has 2 nitrogen and oxygen atoms in total. The summed E-state index contributed by atoms with van der Waals surface area (Å²) in [5.74, 6) is -0.684. The minimum absolute atomic E-state index is 0.0837. The molecule has 0 aliphatic carbocycles. The number of carboxylic acid groups (broad SMARTS) is 1. The van der Waals surface area contributed by atoms with Crippen molar-refractivity contribution >= 4 is 5.97 Å². The van der Waals surface area contributed by atoms with Crippen molar-refractivity contribution in [3.63, 3.8) is 0 Å². The molecule has 2 heteroatoms. The van der Waals surface area contributed by atoms with Gasteiger partial charge < -0.3 is 5.11 Å². The van der Waals surface area contributed by atoms with Crippen LogP contribution in [0, 0.1) is 16.2 Å². The topological polar surface area (TPSA) is 37.3 Å². The van der Waals surface area contributed by atoms with Gasteiger partial charge in [0.25, 0.3) is 0 Å². The third-order valence-corrected chi connectivity index (χ3v) is 3.92. The lowest BCUT2D eigenvalue weighted by Gasteiger charge is -2.43. The number of hydrogen-bond acceptors (Lipinski definition) is 1. The standard InChI is InChI=1S/C13H26O2/c1-8-12(5,6)9-13(7,10(14)15)11(2,3)4/h8-9H2,1-7H3,(H,14,15). The van der Waals surface area contributed by atoms with Gasteiger partial charge in [-0.3, -0.25) is 4.79 Å². The summed E-state index contributed by atoms with van der Waals surface area (Å²) in [5, 5.41) is 9.43. The zero-order valence-electron chi connectivity index (χ0n) is 11.3. The van der Waals surface area contributed by atoms with Gasteiger partial charge in [-0.05, 0) is 24.2 Å². The van der Waals surface area contributed by atoms with Crippen molar-refractivity contribution in [2.75, 3.05) is 0 Å². The second kappa shape index (κ2) is 4.15. The molecular formula is C13H26O2. The molecule has 0 aromatic carbocycles. The molecule has 0 aliphatic heterocycles. The predicted octanol–water partition coefficient (Wildman–Crippen LogP) is 3.95. The summed E-state index contributed by atoms with van der Waals surface area (Å²) >= 11 is 0. The van der Waals surface area contributed by atoms with Crippen molar-refractivity contribution < 1.29 is 9.90 Å². The van der Waals surface area contributed by atoms with Crippen LogP contribution in [0.2, 0.25) is 0 Å². The molecule has 0 aromatic heterocycles. The van der Waals surface area contributed by atoms with E-state index >= 15 is 0 Å². The zero-order valence-corrected chi connectivity index (χ0v) is 11.3. The van der Waals surface area contributed by atoms with E-state index in [0.717, 1.165) is 12.8 Å². The maximum absolute atomic E-state index is 11.5. The largest absolute Gasteiger partial charge is 0.481 e. The van der Waals surface area contributed by atoms with E-state index in [1.807, 2.05) is 27.7 Å². The van der Waals surface area contributed by atoms with Crippen LogP contribution in [0.4, 0.5) is 0 Å². The van der Waals surface area contributed by atoms with Crippen LogP contribution in [-0.4, -0.2) is 11.1 Å². The van der Waals surface area contributed by atoms with Crippen LogP contribution < -0.4 is 0 Å². The van der Waals surface area contributed by atoms with Crippen LogP contribution in [-0.2, 0) is 4.79 Å². The second-order valence-corrected chi connectivity index (χ2v) is 6.58. The zero-order chi connectivity index (χ0) is 12.5. The normalized spacial score (nSPS) is 17.3. The summed E-state index contributed by atoms with van der Waals surface area (Å²) in [4.78, 5) is 11.5. The maximum Gasteiger partial charge on any atom is 0.309 e. The molecule has 0 saturated heterocycles. The van der Waals surface area contributed by atoms with E-state index in [1.54, 1.807) is 0 Å². The molecule has 15 heavy (non-hydrogen) atoms. The number of aliphatic carboxylic acids is 1. The number of carboxylic acids is 1. The van der Waals surface area contributed by atoms with Crippen LogP contribution in [0.25, 0.3) is 0 Å². The highest BCUT2D eigenvalue weighted by Crippen LogP contribution is 2.47. The molecule has 1 N–H and O–H groups in total. The Morgan fingerprint density at radius 3 is 1.67 bits per heavy atom. The Bertz CT molecular complexity index is 235. The molecular weight excluding hydrogens is 188 g/mol. The van der Waals surface area contributed by atoms with Crippen molar-refractivity contribution in [2.24, 2.45) is 16.2 Å². The van der Waals surface area contributed by atoms with Gasteiger partial charge in [-0.25, -0.2) is 0 Å². The molecule has 0 spiro atoms. The van der Waals surface area contributed by atoms with Crippen molar-refractivity contribution in [1.82, 2.24) is 0 Å². The second-order valence-electron chi connectivity index (χ2n) is 6.58. The summed E-state index contributed by atoms with van der Waals surface area (Å²) in [6.45, 7) is 14.3. The van der Waals surface area contributed by atoms with E-state index in [2.05, 4.69) is 20.8 Å². The monoisotopic (exact) mass is 214 g/mol. The van der Waals surface area contributed by atoms with Crippen molar-refractivity contribution in [1.29, 1.82) is 0 Å². The highest BCUT2D eigenvalue weighted by molar-refractivity contribution is 5.75. The van der Waals surface area contributed by atoms with E-state index in [4.69, 9.17) is 0 Å². The predicted molar refractivity (Wildman–Crippen MR) is 63.9 cm³/mol. The summed E-state index contributed by atoms with van der Waals surface area (Å²) in [7, 11) is 0. The number of hydrogen-bond donors (Lipinski definition) is 1. The number of rotatable bonds is 4. The van der Waals surface area contributed by atoms with Crippen LogP contribution in [0.1, 0.15) is 61.3 Å². The fraction of sp³-hybridized carbons (Fsp3) is 0.923. The minimum atomic E-state index is -0.684. The molecule has 0 amide bonds. The summed E-state index contributed by atoms with van der Waals surface area (Å²) in [5.41, 5.74) is -0.793. The van der Waals surface area contributed by atoms with E-state index in [-0.39, 0.29) is 10.8 Å². The Hall–Kier alpha value is -0.530. The van der Waals surface area contributed by atoms with Gasteiger partial charge in [-0.2, -0.15) is 0 Å². The average Bonchev–Trinajstić information content (AvgIpc) is 2.01. The first-order chi connectivity index (χ1) is 6.46. The lowest BCUT2D eigenvalue weighted by atomic mass is 9.60. The number of carbonyl (C=O) groups is 1. The highest BCUT2D eigenvalue weighted by atomic mass is 16.4. The average molecular weight is 214 g/mol. The Kier molecular flexibility index (Phi) is 4.00. The Balaban J connectivity index is 5.09. The lowest BCUT2D eigenvalue weighted by molar-refractivity contribution is -0.157.